The quantitative estimate of drug-likeness (QED) is 0.768. The van der Waals surface area contributed by atoms with Gasteiger partial charge in [0.1, 0.15) is 0 Å². The van der Waals surface area contributed by atoms with Gasteiger partial charge in [0.25, 0.3) is 0 Å². The predicted molar refractivity (Wildman–Crippen MR) is 79.3 cm³/mol. The van der Waals surface area contributed by atoms with Crippen LogP contribution >= 0.6 is 15.9 Å². The van der Waals surface area contributed by atoms with Crippen molar-refractivity contribution in [3.05, 3.63) is 28.7 Å². The standard InChI is InChI=1S/C13H13BrF3N5O/c14-10-5-3-9(4-6-10)11-19-21-22(20-11)8-2-1-7-18-12(23)13(15,16)17/h3-6H,1-2,7-8H2,(H,18,23). The smallest absolute Gasteiger partial charge is 0.348 e. The van der Waals surface area contributed by atoms with Crippen LogP contribution in [0.3, 0.4) is 0 Å². The molecule has 2 aromatic rings. The zero-order valence-electron chi connectivity index (χ0n) is 11.8. The molecule has 0 radical (unpaired) electrons. The lowest BCUT2D eigenvalue weighted by molar-refractivity contribution is -0.173. The maximum Gasteiger partial charge on any atom is 0.471 e. The second-order valence-electron chi connectivity index (χ2n) is 4.68. The fraction of sp³-hybridized carbons (Fsp3) is 0.385. The van der Waals surface area contributed by atoms with Crippen molar-refractivity contribution in [1.82, 2.24) is 25.5 Å². The molecule has 1 aromatic carbocycles. The Kier molecular flexibility index (Phi) is 5.69. The van der Waals surface area contributed by atoms with Crippen LogP contribution in [-0.4, -0.2) is 38.8 Å². The van der Waals surface area contributed by atoms with Gasteiger partial charge in [0, 0.05) is 16.6 Å². The number of amides is 1. The van der Waals surface area contributed by atoms with E-state index in [0.717, 1.165) is 10.0 Å². The van der Waals surface area contributed by atoms with E-state index in [4.69, 9.17) is 0 Å². The molecule has 0 atom stereocenters. The lowest BCUT2D eigenvalue weighted by Gasteiger charge is -2.07. The molecule has 10 heteroatoms. The second kappa shape index (κ2) is 7.53. The Labute approximate surface area is 138 Å². The number of carbonyl (C=O) groups excluding carboxylic acids is 1. The molecule has 1 heterocycles. The summed E-state index contributed by atoms with van der Waals surface area (Å²) >= 11 is 3.33. The molecule has 0 aliphatic rings. The SMILES string of the molecule is O=C(NCCCCn1nnc(-c2ccc(Br)cc2)n1)C(F)(F)F. The number of halogens is 4. The van der Waals surface area contributed by atoms with Crippen molar-refractivity contribution in [2.24, 2.45) is 0 Å². The molecule has 1 N–H and O–H groups in total. The summed E-state index contributed by atoms with van der Waals surface area (Å²) in [7, 11) is 0. The number of alkyl halides is 3. The van der Waals surface area contributed by atoms with Crippen molar-refractivity contribution in [1.29, 1.82) is 0 Å². The van der Waals surface area contributed by atoms with Crippen molar-refractivity contribution in [3.63, 3.8) is 0 Å². The average molecular weight is 392 g/mol. The van der Waals surface area contributed by atoms with Gasteiger partial charge in [0.15, 0.2) is 0 Å². The first kappa shape index (κ1) is 17.4. The molecule has 2 rings (SSSR count). The van der Waals surface area contributed by atoms with Crippen LogP contribution in [0, 0.1) is 0 Å². The molecule has 0 bridgehead atoms. The van der Waals surface area contributed by atoms with E-state index in [2.05, 4.69) is 31.3 Å². The summed E-state index contributed by atoms with van der Waals surface area (Å²) in [5.41, 5.74) is 0.817. The zero-order chi connectivity index (χ0) is 16.9. The highest BCUT2D eigenvalue weighted by Gasteiger charge is 2.38. The first-order chi connectivity index (χ1) is 10.9. The fourth-order valence-electron chi connectivity index (χ4n) is 1.73. The molecular formula is C13H13BrF3N5O. The van der Waals surface area contributed by atoms with Crippen molar-refractivity contribution in [2.75, 3.05) is 6.54 Å². The van der Waals surface area contributed by atoms with E-state index in [1.165, 1.54) is 4.80 Å². The minimum atomic E-state index is -4.84. The first-order valence-corrected chi connectivity index (χ1v) is 7.54. The van der Waals surface area contributed by atoms with Crippen LogP contribution in [-0.2, 0) is 11.3 Å². The van der Waals surface area contributed by atoms with Gasteiger partial charge in [-0.2, -0.15) is 18.0 Å². The molecule has 0 aliphatic heterocycles. The molecular weight excluding hydrogens is 379 g/mol. The monoisotopic (exact) mass is 391 g/mol. The van der Waals surface area contributed by atoms with Gasteiger partial charge in [0.2, 0.25) is 5.82 Å². The number of nitrogens with one attached hydrogen (secondary N) is 1. The first-order valence-electron chi connectivity index (χ1n) is 6.75. The van der Waals surface area contributed by atoms with Crippen molar-refractivity contribution < 1.29 is 18.0 Å². The average Bonchev–Trinajstić information content (AvgIpc) is 2.95. The maximum atomic E-state index is 12.0. The number of rotatable bonds is 6. The van der Waals surface area contributed by atoms with Gasteiger partial charge >= 0.3 is 12.1 Å². The molecule has 0 unspecified atom stereocenters. The number of carbonyl (C=O) groups is 1. The van der Waals surface area contributed by atoms with Crippen LogP contribution in [0.1, 0.15) is 12.8 Å². The van der Waals surface area contributed by atoms with Gasteiger partial charge < -0.3 is 5.32 Å². The van der Waals surface area contributed by atoms with Crippen LogP contribution in [0.15, 0.2) is 28.7 Å². The molecule has 23 heavy (non-hydrogen) atoms. The summed E-state index contributed by atoms with van der Waals surface area (Å²) in [5.74, 6) is -1.45. The van der Waals surface area contributed by atoms with Crippen LogP contribution in [0.4, 0.5) is 13.2 Å². The topological polar surface area (TPSA) is 72.7 Å². The Morgan fingerprint density at radius 2 is 1.91 bits per heavy atom. The minimum Gasteiger partial charge on any atom is -0.348 e. The highest BCUT2D eigenvalue weighted by atomic mass is 79.9. The molecule has 0 saturated heterocycles. The summed E-state index contributed by atoms with van der Waals surface area (Å²) in [6.45, 7) is 0.359. The summed E-state index contributed by atoms with van der Waals surface area (Å²) < 4.78 is 36.8. The van der Waals surface area contributed by atoms with E-state index in [0.29, 0.717) is 25.2 Å². The number of aromatic nitrogens is 4. The minimum absolute atomic E-state index is 0.0490. The van der Waals surface area contributed by atoms with Crippen molar-refractivity contribution in [3.8, 4) is 11.4 Å². The van der Waals surface area contributed by atoms with Gasteiger partial charge in [-0.1, -0.05) is 15.9 Å². The molecule has 0 aliphatic carbocycles. The molecule has 0 saturated carbocycles. The maximum absolute atomic E-state index is 12.0. The number of nitrogens with zero attached hydrogens (tertiary/aromatic N) is 4. The van der Waals surface area contributed by atoms with Gasteiger partial charge in [0.05, 0.1) is 6.54 Å². The van der Waals surface area contributed by atoms with E-state index < -0.39 is 12.1 Å². The van der Waals surface area contributed by atoms with Gasteiger partial charge in [-0.25, -0.2) is 0 Å². The molecule has 6 nitrogen and oxygen atoms in total. The third-order valence-electron chi connectivity index (χ3n) is 2.88. The number of benzene rings is 1. The molecule has 0 fully saturated rings. The number of hydrogen-bond acceptors (Lipinski definition) is 4. The Bertz CT molecular complexity index is 656. The second-order valence-corrected chi connectivity index (χ2v) is 5.59. The summed E-state index contributed by atoms with van der Waals surface area (Å²) in [6.07, 6.45) is -3.93. The Morgan fingerprint density at radius 1 is 1.22 bits per heavy atom. The van der Waals surface area contributed by atoms with Crippen LogP contribution in [0.25, 0.3) is 11.4 Å². The Balaban J connectivity index is 1.75. The summed E-state index contributed by atoms with van der Waals surface area (Å²) in [5, 5.41) is 13.8. The zero-order valence-corrected chi connectivity index (χ0v) is 13.4. The van der Waals surface area contributed by atoms with E-state index in [1.54, 1.807) is 0 Å². The van der Waals surface area contributed by atoms with Crippen LogP contribution in [0.2, 0.25) is 0 Å². The fourth-order valence-corrected chi connectivity index (χ4v) is 2.00. The van der Waals surface area contributed by atoms with E-state index in [9.17, 15) is 18.0 Å². The molecule has 124 valence electrons. The lowest BCUT2D eigenvalue weighted by Crippen LogP contribution is -2.37. The largest absolute Gasteiger partial charge is 0.471 e. The normalized spacial score (nSPS) is 11.5. The lowest BCUT2D eigenvalue weighted by atomic mass is 10.2. The van der Waals surface area contributed by atoms with Gasteiger partial charge in [-0.05, 0) is 42.3 Å². The molecule has 1 amide bonds. The van der Waals surface area contributed by atoms with E-state index >= 15 is 0 Å². The number of aryl methyl sites for hydroxylation is 1. The van der Waals surface area contributed by atoms with Gasteiger partial charge in [-0.3, -0.25) is 4.79 Å². The number of hydrogen-bond donors (Lipinski definition) is 1. The van der Waals surface area contributed by atoms with Crippen LogP contribution in [0.5, 0.6) is 0 Å². The van der Waals surface area contributed by atoms with Gasteiger partial charge in [-0.15, -0.1) is 10.2 Å². The molecule has 1 aromatic heterocycles. The highest BCUT2D eigenvalue weighted by molar-refractivity contribution is 9.10. The summed E-state index contributed by atoms with van der Waals surface area (Å²) in [6, 6.07) is 7.41. The Hall–Kier alpha value is -1.97. The van der Waals surface area contributed by atoms with Crippen LogP contribution < -0.4 is 5.32 Å². The number of unbranched alkanes of at least 4 members (excludes halogenated alkanes) is 1. The third kappa shape index (κ3) is 5.31. The Morgan fingerprint density at radius 3 is 2.57 bits per heavy atom. The van der Waals surface area contributed by atoms with Crippen molar-refractivity contribution in [2.45, 2.75) is 25.6 Å². The summed E-state index contributed by atoms with van der Waals surface area (Å²) in [4.78, 5) is 12.0. The third-order valence-corrected chi connectivity index (χ3v) is 3.41. The van der Waals surface area contributed by atoms with Crippen molar-refractivity contribution >= 4 is 21.8 Å². The predicted octanol–water partition coefficient (Wildman–Crippen LogP) is 2.56. The van der Waals surface area contributed by atoms with E-state index in [1.807, 2.05) is 29.6 Å². The molecule has 0 spiro atoms. The number of tetrazole rings is 1. The van der Waals surface area contributed by atoms with E-state index in [-0.39, 0.29) is 6.54 Å². The highest BCUT2D eigenvalue weighted by Crippen LogP contribution is 2.17.